The van der Waals surface area contributed by atoms with Crippen LogP contribution in [0.1, 0.15) is 34.8 Å². The summed E-state index contributed by atoms with van der Waals surface area (Å²) in [6, 6.07) is 16.2. The van der Waals surface area contributed by atoms with E-state index in [0.717, 1.165) is 37.2 Å². The number of pyridine rings is 1. The molecular weight excluding hydrogens is 312 g/mol. The number of nitrogens with zero attached hydrogens (tertiary/aromatic N) is 3. The number of hydrogen-bond donors (Lipinski definition) is 1. The van der Waals surface area contributed by atoms with Gasteiger partial charge >= 0.3 is 0 Å². The Morgan fingerprint density at radius 3 is 2.48 bits per heavy atom. The molecule has 1 aliphatic heterocycles. The minimum Gasteiger partial charge on any atom is -0.337 e. The first-order valence-electron chi connectivity index (χ1n) is 8.61. The van der Waals surface area contributed by atoms with Crippen LogP contribution in [-0.2, 0) is 0 Å². The second kappa shape index (κ2) is 6.89. The average Bonchev–Trinajstić information content (AvgIpc) is 3.19. The fourth-order valence-corrected chi connectivity index (χ4v) is 3.41. The highest BCUT2D eigenvalue weighted by Crippen LogP contribution is 2.28. The molecule has 1 N–H and O–H groups in total. The maximum atomic E-state index is 12.7. The van der Waals surface area contributed by atoms with E-state index < -0.39 is 0 Å². The van der Waals surface area contributed by atoms with E-state index >= 15 is 0 Å². The Kier molecular flexibility index (Phi) is 4.29. The number of carbonyl (C=O) groups is 1. The van der Waals surface area contributed by atoms with E-state index in [-0.39, 0.29) is 5.91 Å². The molecule has 126 valence electrons. The van der Waals surface area contributed by atoms with Crippen molar-refractivity contribution in [2.45, 2.75) is 18.8 Å². The molecule has 1 saturated heterocycles. The Labute approximate surface area is 146 Å². The lowest BCUT2D eigenvalue weighted by atomic mass is 9.89. The molecule has 5 nitrogen and oxygen atoms in total. The van der Waals surface area contributed by atoms with Crippen molar-refractivity contribution in [1.29, 1.82) is 0 Å². The first kappa shape index (κ1) is 15.6. The summed E-state index contributed by atoms with van der Waals surface area (Å²) in [7, 11) is 0. The molecule has 1 aliphatic rings. The van der Waals surface area contributed by atoms with Gasteiger partial charge < -0.3 is 4.90 Å². The molecule has 2 aromatic heterocycles. The normalized spacial score (nSPS) is 15.3. The molecule has 0 atom stereocenters. The van der Waals surface area contributed by atoms with Gasteiger partial charge in [0.25, 0.3) is 5.91 Å². The van der Waals surface area contributed by atoms with Gasteiger partial charge in [-0.05, 0) is 42.5 Å². The van der Waals surface area contributed by atoms with E-state index in [4.69, 9.17) is 0 Å². The van der Waals surface area contributed by atoms with E-state index in [2.05, 4.69) is 39.4 Å². The van der Waals surface area contributed by atoms with E-state index in [1.54, 1.807) is 12.4 Å². The summed E-state index contributed by atoms with van der Waals surface area (Å²) in [6.07, 6.45) is 5.45. The number of amides is 1. The largest absolute Gasteiger partial charge is 0.337 e. The Morgan fingerprint density at radius 2 is 1.76 bits per heavy atom. The summed E-state index contributed by atoms with van der Waals surface area (Å²) < 4.78 is 0. The topological polar surface area (TPSA) is 61.9 Å². The predicted molar refractivity (Wildman–Crippen MR) is 96.1 cm³/mol. The summed E-state index contributed by atoms with van der Waals surface area (Å²) in [5, 5.41) is 7.15. The molecule has 5 heteroatoms. The SMILES string of the molecule is O=C(c1cc(-c2ccncc2)n[nH]1)N1CCC(c2ccccc2)CC1. The zero-order valence-electron chi connectivity index (χ0n) is 13.9. The predicted octanol–water partition coefficient (Wildman–Crippen LogP) is 3.49. The Bertz CT molecular complexity index is 836. The van der Waals surface area contributed by atoms with Crippen LogP contribution >= 0.6 is 0 Å². The lowest BCUT2D eigenvalue weighted by Gasteiger charge is -2.31. The van der Waals surface area contributed by atoms with Crippen LogP contribution in [-0.4, -0.2) is 39.1 Å². The number of aromatic amines is 1. The van der Waals surface area contributed by atoms with E-state index in [1.165, 1.54) is 5.56 Å². The van der Waals surface area contributed by atoms with Crippen molar-refractivity contribution in [3.8, 4) is 11.3 Å². The number of carbonyl (C=O) groups excluding carboxylic acids is 1. The average molecular weight is 332 g/mol. The van der Waals surface area contributed by atoms with Crippen LogP contribution in [0.3, 0.4) is 0 Å². The van der Waals surface area contributed by atoms with Gasteiger partial charge in [0.15, 0.2) is 0 Å². The summed E-state index contributed by atoms with van der Waals surface area (Å²) in [5.41, 5.74) is 3.64. The van der Waals surface area contributed by atoms with E-state index in [0.29, 0.717) is 11.6 Å². The highest BCUT2D eigenvalue weighted by Gasteiger charge is 2.25. The van der Waals surface area contributed by atoms with Crippen molar-refractivity contribution in [1.82, 2.24) is 20.1 Å². The Hall–Kier alpha value is -2.95. The maximum absolute atomic E-state index is 12.7. The van der Waals surface area contributed by atoms with Gasteiger partial charge in [-0.1, -0.05) is 30.3 Å². The Balaban J connectivity index is 1.42. The van der Waals surface area contributed by atoms with Crippen molar-refractivity contribution in [3.63, 3.8) is 0 Å². The molecule has 25 heavy (non-hydrogen) atoms. The highest BCUT2D eigenvalue weighted by molar-refractivity contribution is 5.93. The minimum atomic E-state index is 0.0271. The number of nitrogens with one attached hydrogen (secondary N) is 1. The number of hydrogen-bond acceptors (Lipinski definition) is 3. The zero-order valence-corrected chi connectivity index (χ0v) is 13.9. The molecule has 0 aliphatic carbocycles. The van der Waals surface area contributed by atoms with Gasteiger partial charge in [-0.2, -0.15) is 5.10 Å². The molecule has 0 unspecified atom stereocenters. The molecule has 0 radical (unpaired) electrons. The lowest BCUT2D eigenvalue weighted by Crippen LogP contribution is -2.38. The first-order chi connectivity index (χ1) is 12.3. The van der Waals surface area contributed by atoms with Gasteiger partial charge in [0.1, 0.15) is 5.69 Å². The fourth-order valence-electron chi connectivity index (χ4n) is 3.41. The van der Waals surface area contributed by atoms with Crippen molar-refractivity contribution < 1.29 is 4.79 Å². The molecule has 0 spiro atoms. The smallest absolute Gasteiger partial charge is 0.271 e. The second-order valence-corrected chi connectivity index (χ2v) is 6.38. The number of rotatable bonds is 3. The van der Waals surface area contributed by atoms with Crippen LogP contribution in [0, 0.1) is 0 Å². The number of piperidine rings is 1. The van der Waals surface area contributed by atoms with E-state index in [1.807, 2.05) is 29.2 Å². The molecule has 1 fully saturated rings. The molecule has 0 bridgehead atoms. The molecule has 1 aromatic carbocycles. The molecule has 3 aromatic rings. The lowest BCUT2D eigenvalue weighted by molar-refractivity contribution is 0.0707. The standard InChI is InChI=1S/C20H20N4O/c25-20(19-14-18(22-23-19)17-6-10-21-11-7-17)24-12-8-16(9-13-24)15-4-2-1-3-5-15/h1-7,10-11,14,16H,8-9,12-13H2,(H,22,23). The van der Waals surface area contributed by atoms with Crippen LogP contribution in [0.4, 0.5) is 0 Å². The van der Waals surface area contributed by atoms with Gasteiger partial charge in [0.05, 0.1) is 5.69 Å². The molecular formula is C20H20N4O. The van der Waals surface area contributed by atoms with Gasteiger partial charge in [0.2, 0.25) is 0 Å². The van der Waals surface area contributed by atoms with Crippen LogP contribution in [0.15, 0.2) is 60.9 Å². The number of H-pyrrole nitrogens is 1. The van der Waals surface area contributed by atoms with Gasteiger partial charge in [0, 0.05) is 31.0 Å². The van der Waals surface area contributed by atoms with Crippen LogP contribution < -0.4 is 0 Å². The van der Waals surface area contributed by atoms with Crippen LogP contribution in [0.2, 0.25) is 0 Å². The van der Waals surface area contributed by atoms with Crippen molar-refractivity contribution in [2.24, 2.45) is 0 Å². The Morgan fingerprint density at radius 1 is 1.04 bits per heavy atom. The zero-order chi connectivity index (χ0) is 17.1. The summed E-state index contributed by atoms with van der Waals surface area (Å²) in [6.45, 7) is 1.56. The first-order valence-corrected chi connectivity index (χ1v) is 8.61. The number of benzene rings is 1. The van der Waals surface area contributed by atoms with Crippen molar-refractivity contribution in [3.05, 3.63) is 72.2 Å². The second-order valence-electron chi connectivity index (χ2n) is 6.38. The van der Waals surface area contributed by atoms with Gasteiger partial charge in [-0.15, -0.1) is 0 Å². The monoisotopic (exact) mass is 332 g/mol. The number of aromatic nitrogens is 3. The summed E-state index contributed by atoms with van der Waals surface area (Å²) >= 11 is 0. The third kappa shape index (κ3) is 3.31. The van der Waals surface area contributed by atoms with Crippen LogP contribution in [0.5, 0.6) is 0 Å². The van der Waals surface area contributed by atoms with Crippen LogP contribution in [0.25, 0.3) is 11.3 Å². The summed E-state index contributed by atoms with van der Waals surface area (Å²) in [5.74, 6) is 0.568. The summed E-state index contributed by atoms with van der Waals surface area (Å²) in [4.78, 5) is 18.7. The maximum Gasteiger partial charge on any atom is 0.271 e. The molecule has 0 saturated carbocycles. The van der Waals surface area contributed by atoms with Gasteiger partial charge in [-0.3, -0.25) is 14.9 Å². The molecule has 4 rings (SSSR count). The van der Waals surface area contributed by atoms with E-state index in [9.17, 15) is 4.79 Å². The number of likely N-dealkylation sites (tertiary alicyclic amines) is 1. The third-order valence-corrected chi connectivity index (χ3v) is 4.84. The quantitative estimate of drug-likeness (QED) is 0.798. The molecule has 1 amide bonds. The van der Waals surface area contributed by atoms with Crippen molar-refractivity contribution in [2.75, 3.05) is 13.1 Å². The third-order valence-electron chi connectivity index (χ3n) is 4.84. The fraction of sp³-hybridized carbons (Fsp3) is 0.250. The minimum absolute atomic E-state index is 0.0271. The highest BCUT2D eigenvalue weighted by atomic mass is 16.2. The van der Waals surface area contributed by atoms with Crippen molar-refractivity contribution >= 4 is 5.91 Å². The molecule has 3 heterocycles. The van der Waals surface area contributed by atoms with Gasteiger partial charge in [-0.25, -0.2) is 0 Å².